The molecule has 4 N–H and O–H groups in total. The van der Waals surface area contributed by atoms with Crippen LogP contribution in [0.1, 0.15) is 73.6 Å². The van der Waals surface area contributed by atoms with E-state index in [0.29, 0.717) is 13.1 Å². The van der Waals surface area contributed by atoms with Crippen LogP contribution in [-0.4, -0.2) is 40.2 Å². The first kappa shape index (κ1) is 23.0. The van der Waals surface area contributed by atoms with Crippen molar-refractivity contribution < 1.29 is 13.3 Å². The van der Waals surface area contributed by atoms with Crippen LogP contribution in [0.15, 0.2) is 0 Å². The van der Waals surface area contributed by atoms with Crippen LogP contribution in [0.4, 0.5) is 0 Å². The molecule has 0 aliphatic carbocycles. The van der Waals surface area contributed by atoms with E-state index in [1.54, 1.807) is 0 Å². The van der Waals surface area contributed by atoms with Gasteiger partial charge in [0.15, 0.2) is 0 Å². The Labute approximate surface area is 144 Å². The van der Waals surface area contributed by atoms with E-state index in [9.17, 15) is 0 Å². The van der Waals surface area contributed by atoms with Gasteiger partial charge in [0.05, 0.1) is 0 Å². The molecule has 0 aromatic carbocycles. The van der Waals surface area contributed by atoms with Gasteiger partial charge in [-0.1, -0.05) is 20.8 Å². The summed E-state index contributed by atoms with van der Waals surface area (Å²) in [5.41, 5.74) is 11.9. The Hall–Kier alpha value is 0.0169. The van der Waals surface area contributed by atoms with Crippen molar-refractivity contribution in [1.82, 2.24) is 0 Å². The van der Waals surface area contributed by atoms with Gasteiger partial charge in [-0.05, 0) is 66.0 Å². The summed E-state index contributed by atoms with van der Waals surface area (Å²) in [6, 6.07) is 0. The largest absolute Gasteiger partial charge is 0.505 e. The summed E-state index contributed by atoms with van der Waals surface area (Å²) in [5, 5.41) is 0. The van der Waals surface area contributed by atoms with E-state index in [1.807, 2.05) is 0 Å². The number of nitrogens with two attached hydrogens (primary N) is 2. The summed E-state index contributed by atoms with van der Waals surface area (Å²) in [4.78, 5) is 0. The van der Waals surface area contributed by atoms with Crippen LogP contribution in [0.25, 0.3) is 0 Å². The molecule has 0 bridgehead atoms. The van der Waals surface area contributed by atoms with Crippen molar-refractivity contribution >= 4 is 8.80 Å². The molecule has 6 heteroatoms. The Morgan fingerprint density at radius 1 is 0.696 bits per heavy atom. The molecule has 0 aliphatic rings. The van der Waals surface area contributed by atoms with Crippen molar-refractivity contribution in [3.8, 4) is 0 Å². The van der Waals surface area contributed by atoms with Crippen LogP contribution in [0.3, 0.4) is 0 Å². The third-order valence-electron chi connectivity index (χ3n) is 4.35. The predicted octanol–water partition coefficient (Wildman–Crippen LogP) is 3.44. The molecule has 5 nitrogen and oxygen atoms in total. The van der Waals surface area contributed by atoms with Crippen LogP contribution in [0.2, 0.25) is 5.54 Å². The van der Waals surface area contributed by atoms with E-state index in [0.717, 1.165) is 32.1 Å². The van der Waals surface area contributed by atoms with Crippen LogP contribution < -0.4 is 11.5 Å². The van der Waals surface area contributed by atoms with Gasteiger partial charge >= 0.3 is 8.80 Å². The second-order valence-corrected chi connectivity index (χ2v) is 9.20. The van der Waals surface area contributed by atoms with Gasteiger partial charge in [-0.3, -0.25) is 0 Å². The summed E-state index contributed by atoms with van der Waals surface area (Å²) in [6.07, 6.45) is 4.76. The molecule has 0 amide bonds. The zero-order valence-electron chi connectivity index (χ0n) is 16.1. The average Bonchev–Trinajstić information content (AvgIpc) is 2.53. The maximum atomic E-state index is 6.48. The maximum absolute atomic E-state index is 6.48. The van der Waals surface area contributed by atoms with Crippen molar-refractivity contribution in [2.45, 2.75) is 97.5 Å². The summed E-state index contributed by atoms with van der Waals surface area (Å²) in [6.45, 7) is 13.8. The minimum atomic E-state index is -2.88. The molecule has 23 heavy (non-hydrogen) atoms. The Bertz CT molecular complexity index is 258. The smallest absolute Gasteiger partial charge is 0.370 e. The first-order chi connectivity index (χ1) is 10.9. The Balaban J connectivity index is 5.63. The third kappa shape index (κ3) is 8.09. The minimum Gasteiger partial charge on any atom is -0.370 e. The van der Waals surface area contributed by atoms with Crippen LogP contribution >= 0.6 is 0 Å². The van der Waals surface area contributed by atoms with Crippen LogP contribution in [0.5, 0.6) is 0 Å². The second-order valence-electron chi connectivity index (χ2n) is 6.47. The van der Waals surface area contributed by atoms with Gasteiger partial charge in [0.1, 0.15) is 0 Å². The average molecular weight is 349 g/mol. The summed E-state index contributed by atoms with van der Waals surface area (Å²) >= 11 is 0. The lowest BCUT2D eigenvalue weighted by molar-refractivity contribution is -0.0195. The van der Waals surface area contributed by atoms with Gasteiger partial charge in [0.2, 0.25) is 0 Å². The molecule has 0 saturated heterocycles. The standard InChI is InChI=1S/C17H40N2O3Si/c1-7-14(4)20-23(21-15(5)8-2,22-16(6)9-3)17(10-12-18)11-13-19/h14-17H,7-13,18-19H2,1-6H3. The summed E-state index contributed by atoms with van der Waals surface area (Å²) in [5.74, 6) is 0. The highest BCUT2D eigenvalue weighted by Crippen LogP contribution is 2.35. The minimum absolute atomic E-state index is 0.104. The van der Waals surface area contributed by atoms with E-state index >= 15 is 0 Å². The molecule has 0 radical (unpaired) electrons. The topological polar surface area (TPSA) is 79.7 Å². The lowest BCUT2D eigenvalue weighted by Crippen LogP contribution is -2.55. The molecule has 140 valence electrons. The molecular formula is C17H40N2O3Si. The van der Waals surface area contributed by atoms with E-state index in [2.05, 4.69) is 41.5 Å². The van der Waals surface area contributed by atoms with Crippen LogP contribution in [0, 0.1) is 0 Å². The van der Waals surface area contributed by atoms with Crippen molar-refractivity contribution in [2.24, 2.45) is 11.5 Å². The number of rotatable bonds is 14. The first-order valence-corrected chi connectivity index (χ1v) is 11.1. The zero-order valence-corrected chi connectivity index (χ0v) is 17.1. The van der Waals surface area contributed by atoms with Gasteiger partial charge in [0, 0.05) is 23.9 Å². The molecule has 0 saturated carbocycles. The normalized spacial score (nSPS) is 18.7. The summed E-state index contributed by atoms with van der Waals surface area (Å²) in [7, 11) is -2.88. The van der Waals surface area contributed by atoms with E-state index in [4.69, 9.17) is 24.7 Å². The quantitative estimate of drug-likeness (QED) is 0.470. The fraction of sp³-hybridized carbons (Fsp3) is 1.00. The van der Waals surface area contributed by atoms with Crippen molar-refractivity contribution in [2.75, 3.05) is 13.1 Å². The van der Waals surface area contributed by atoms with Gasteiger partial charge < -0.3 is 24.7 Å². The fourth-order valence-electron chi connectivity index (χ4n) is 2.36. The van der Waals surface area contributed by atoms with Gasteiger partial charge in [-0.15, -0.1) is 0 Å². The molecule has 0 aliphatic heterocycles. The molecule has 0 spiro atoms. The molecule has 3 atom stereocenters. The Morgan fingerprint density at radius 3 is 1.22 bits per heavy atom. The highest BCUT2D eigenvalue weighted by Gasteiger charge is 2.51. The highest BCUT2D eigenvalue weighted by molar-refractivity contribution is 6.62. The van der Waals surface area contributed by atoms with E-state index in [1.165, 1.54) is 0 Å². The van der Waals surface area contributed by atoms with E-state index in [-0.39, 0.29) is 23.9 Å². The van der Waals surface area contributed by atoms with Crippen LogP contribution in [-0.2, 0) is 13.3 Å². The van der Waals surface area contributed by atoms with Gasteiger partial charge in [-0.25, -0.2) is 0 Å². The molecular weight excluding hydrogens is 308 g/mol. The zero-order chi connectivity index (χ0) is 17.9. The fourth-order valence-corrected chi connectivity index (χ4v) is 6.33. The summed E-state index contributed by atoms with van der Waals surface area (Å²) < 4.78 is 19.4. The molecule has 0 fully saturated rings. The predicted molar refractivity (Wildman–Crippen MR) is 99.4 cm³/mol. The lowest BCUT2D eigenvalue weighted by atomic mass is 10.2. The molecule has 0 heterocycles. The van der Waals surface area contributed by atoms with E-state index < -0.39 is 8.80 Å². The third-order valence-corrected chi connectivity index (χ3v) is 8.12. The maximum Gasteiger partial charge on any atom is 0.505 e. The Kier molecular flexibility index (Phi) is 12.4. The van der Waals surface area contributed by atoms with Gasteiger partial charge in [0.25, 0.3) is 0 Å². The molecule has 0 rings (SSSR count). The SMILES string of the molecule is CCC(C)O[Si](OC(C)CC)(OC(C)CC)C(CCN)CCN. The first-order valence-electron chi connectivity index (χ1n) is 9.32. The molecule has 3 unspecified atom stereocenters. The molecule has 0 aromatic rings. The highest BCUT2D eigenvalue weighted by atomic mass is 28.4. The van der Waals surface area contributed by atoms with Gasteiger partial charge in [-0.2, -0.15) is 0 Å². The van der Waals surface area contributed by atoms with Crippen molar-refractivity contribution in [1.29, 1.82) is 0 Å². The second kappa shape index (κ2) is 12.4. The Morgan fingerprint density at radius 2 is 1.00 bits per heavy atom. The number of hydrogen-bond donors (Lipinski definition) is 2. The molecule has 0 aromatic heterocycles. The monoisotopic (exact) mass is 348 g/mol. The lowest BCUT2D eigenvalue weighted by Gasteiger charge is -2.41. The number of hydrogen-bond acceptors (Lipinski definition) is 5. The van der Waals surface area contributed by atoms with Crippen molar-refractivity contribution in [3.05, 3.63) is 0 Å². The van der Waals surface area contributed by atoms with Crippen molar-refractivity contribution in [3.63, 3.8) is 0 Å².